The van der Waals surface area contributed by atoms with E-state index in [0.717, 1.165) is 38.5 Å². The normalized spacial score (nSPS) is 14.6. The second kappa shape index (κ2) is 9.03. The first kappa shape index (κ1) is 19.4. The van der Waals surface area contributed by atoms with Crippen molar-refractivity contribution in [2.75, 3.05) is 36.4 Å². The first-order valence-electron chi connectivity index (χ1n) is 9.58. The summed E-state index contributed by atoms with van der Waals surface area (Å²) < 4.78 is 0. The average Bonchev–Trinajstić information content (AvgIpc) is 2.75. The average molecular weight is 408 g/mol. The van der Waals surface area contributed by atoms with Gasteiger partial charge in [-0.2, -0.15) is 0 Å². The fraction of sp³-hybridized carbons (Fsp3) is 0.227. The van der Waals surface area contributed by atoms with Gasteiger partial charge in [-0.25, -0.2) is 9.97 Å². The maximum atomic E-state index is 12.5. The molecule has 1 aromatic heterocycles. The summed E-state index contributed by atoms with van der Waals surface area (Å²) in [4.78, 5) is 25.7. The zero-order valence-corrected chi connectivity index (χ0v) is 16.7. The van der Waals surface area contributed by atoms with E-state index in [1.54, 1.807) is 24.3 Å². The predicted molar refractivity (Wildman–Crippen MR) is 115 cm³/mol. The number of halogens is 1. The predicted octanol–water partition coefficient (Wildman–Crippen LogP) is 3.70. The molecule has 148 valence electrons. The van der Waals surface area contributed by atoms with Crippen LogP contribution >= 0.6 is 11.6 Å². The lowest BCUT2D eigenvalue weighted by Gasteiger charge is -2.35. The second-order valence-electron chi connectivity index (χ2n) is 6.94. The molecule has 1 N–H and O–H groups in total. The third-order valence-electron chi connectivity index (χ3n) is 4.96. The summed E-state index contributed by atoms with van der Waals surface area (Å²) in [6.45, 7) is 4.63. The van der Waals surface area contributed by atoms with Gasteiger partial charge in [0.2, 0.25) is 0 Å². The Bertz CT molecular complexity index is 974. The zero-order chi connectivity index (χ0) is 20.1. The monoisotopic (exact) mass is 407 g/mol. The number of hydrogen-bond donors (Lipinski definition) is 1. The standard InChI is InChI=1S/C22H22ClN5O/c23-19-9-5-4-8-18(19)22(29)26-20-14-21(25-16-24-20)28-12-10-27(11-13-28)15-17-6-2-1-3-7-17/h1-9,14,16H,10-13,15H2,(H,24,25,26,29). The highest BCUT2D eigenvalue weighted by molar-refractivity contribution is 6.34. The molecule has 0 spiro atoms. The van der Waals surface area contributed by atoms with Crippen molar-refractivity contribution in [1.82, 2.24) is 14.9 Å². The van der Waals surface area contributed by atoms with E-state index in [2.05, 4.69) is 49.4 Å². The Labute approximate surface area is 175 Å². The highest BCUT2D eigenvalue weighted by Gasteiger charge is 2.19. The maximum Gasteiger partial charge on any atom is 0.258 e. The smallest absolute Gasteiger partial charge is 0.258 e. The molecule has 1 amide bonds. The van der Waals surface area contributed by atoms with Crippen molar-refractivity contribution >= 4 is 29.1 Å². The summed E-state index contributed by atoms with van der Waals surface area (Å²) >= 11 is 6.10. The molecule has 3 aromatic rings. The van der Waals surface area contributed by atoms with E-state index in [0.29, 0.717) is 16.4 Å². The van der Waals surface area contributed by atoms with Crippen LogP contribution in [0.1, 0.15) is 15.9 Å². The van der Waals surface area contributed by atoms with E-state index in [1.807, 2.05) is 12.1 Å². The molecule has 6 nitrogen and oxygen atoms in total. The molecule has 29 heavy (non-hydrogen) atoms. The van der Waals surface area contributed by atoms with Gasteiger partial charge >= 0.3 is 0 Å². The summed E-state index contributed by atoms with van der Waals surface area (Å²) in [5.41, 5.74) is 1.75. The molecular weight excluding hydrogens is 386 g/mol. The largest absolute Gasteiger partial charge is 0.354 e. The van der Waals surface area contributed by atoms with Crippen LogP contribution in [0.4, 0.5) is 11.6 Å². The van der Waals surface area contributed by atoms with Crippen LogP contribution in [0.3, 0.4) is 0 Å². The van der Waals surface area contributed by atoms with Crippen LogP contribution in [-0.4, -0.2) is 47.0 Å². The van der Waals surface area contributed by atoms with E-state index in [1.165, 1.54) is 11.9 Å². The molecule has 0 unspecified atom stereocenters. The molecule has 1 aliphatic heterocycles. The minimum absolute atomic E-state index is 0.284. The third-order valence-corrected chi connectivity index (χ3v) is 5.29. The topological polar surface area (TPSA) is 61.4 Å². The molecule has 2 aromatic carbocycles. The molecule has 0 bridgehead atoms. The summed E-state index contributed by atoms with van der Waals surface area (Å²) in [5.74, 6) is 0.994. The molecule has 0 saturated carbocycles. The van der Waals surface area contributed by atoms with E-state index < -0.39 is 0 Å². The number of benzene rings is 2. The quantitative estimate of drug-likeness (QED) is 0.698. The Morgan fingerprint density at radius 1 is 0.966 bits per heavy atom. The van der Waals surface area contributed by atoms with Gasteiger partial charge in [0, 0.05) is 38.8 Å². The molecule has 0 radical (unpaired) electrons. The molecular formula is C22H22ClN5O. The van der Waals surface area contributed by atoms with Gasteiger partial charge in [0.1, 0.15) is 18.0 Å². The highest BCUT2D eigenvalue weighted by Crippen LogP contribution is 2.20. The molecule has 4 rings (SSSR count). The summed E-state index contributed by atoms with van der Waals surface area (Å²) in [5, 5.41) is 3.22. The summed E-state index contributed by atoms with van der Waals surface area (Å²) in [7, 11) is 0. The number of aromatic nitrogens is 2. The van der Waals surface area contributed by atoms with Crippen LogP contribution in [0.15, 0.2) is 67.0 Å². The summed E-state index contributed by atoms with van der Waals surface area (Å²) in [6, 6.07) is 19.3. The van der Waals surface area contributed by atoms with Crippen molar-refractivity contribution in [2.24, 2.45) is 0 Å². The van der Waals surface area contributed by atoms with Gasteiger partial charge in [0.05, 0.1) is 10.6 Å². The summed E-state index contributed by atoms with van der Waals surface area (Å²) in [6.07, 6.45) is 1.48. The number of piperazine rings is 1. The number of rotatable bonds is 5. The van der Waals surface area contributed by atoms with Crippen LogP contribution < -0.4 is 10.2 Å². The molecule has 7 heteroatoms. The van der Waals surface area contributed by atoms with Gasteiger partial charge in [0.25, 0.3) is 5.91 Å². The van der Waals surface area contributed by atoms with Crippen molar-refractivity contribution in [3.05, 3.63) is 83.1 Å². The van der Waals surface area contributed by atoms with Crippen molar-refractivity contribution in [2.45, 2.75) is 6.54 Å². The lowest BCUT2D eigenvalue weighted by molar-refractivity contribution is 0.102. The number of carbonyl (C=O) groups is 1. The molecule has 0 aliphatic carbocycles. The van der Waals surface area contributed by atoms with Crippen LogP contribution in [0, 0.1) is 0 Å². The van der Waals surface area contributed by atoms with Gasteiger partial charge in [0.15, 0.2) is 0 Å². The molecule has 1 aliphatic rings. The Hall–Kier alpha value is -2.96. The van der Waals surface area contributed by atoms with Gasteiger partial charge in [-0.1, -0.05) is 54.1 Å². The Balaban J connectivity index is 1.37. The Morgan fingerprint density at radius 2 is 1.69 bits per heavy atom. The fourth-order valence-electron chi connectivity index (χ4n) is 3.39. The van der Waals surface area contributed by atoms with Crippen molar-refractivity contribution in [1.29, 1.82) is 0 Å². The maximum absolute atomic E-state index is 12.5. The first-order chi connectivity index (χ1) is 14.2. The van der Waals surface area contributed by atoms with E-state index in [4.69, 9.17) is 11.6 Å². The van der Waals surface area contributed by atoms with Crippen LogP contribution in [0.2, 0.25) is 5.02 Å². The van der Waals surface area contributed by atoms with Crippen LogP contribution in [-0.2, 0) is 6.54 Å². The first-order valence-corrected chi connectivity index (χ1v) is 9.96. The number of amides is 1. The van der Waals surface area contributed by atoms with Crippen molar-refractivity contribution in [3.63, 3.8) is 0 Å². The Kier molecular flexibility index (Phi) is 6.03. The molecule has 1 saturated heterocycles. The lowest BCUT2D eigenvalue weighted by Crippen LogP contribution is -2.46. The number of nitrogens with zero attached hydrogens (tertiary/aromatic N) is 4. The lowest BCUT2D eigenvalue weighted by atomic mass is 10.2. The highest BCUT2D eigenvalue weighted by atomic mass is 35.5. The van der Waals surface area contributed by atoms with Gasteiger partial charge in [-0.15, -0.1) is 0 Å². The number of carbonyl (C=O) groups excluding carboxylic acids is 1. The van der Waals surface area contributed by atoms with E-state index in [9.17, 15) is 4.79 Å². The van der Waals surface area contributed by atoms with E-state index in [-0.39, 0.29) is 5.91 Å². The number of nitrogens with one attached hydrogen (secondary N) is 1. The van der Waals surface area contributed by atoms with Crippen molar-refractivity contribution in [3.8, 4) is 0 Å². The fourth-order valence-corrected chi connectivity index (χ4v) is 3.62. The Morgan fingerprint density at radius 3 is 2.45 bits per heavy atom. The molecule has 0 atom stereocenters. The zero-order valence-electron chi connectivity index (χ0n) is 16.0. The van der Waals surface area contributed by atoms with Crippen LogP contribution in [0.25, 0.3) is 0 Å². The van der Waals surface area contributed by atoms with Gasteiger partial charge in [-0.05, 0) is 17.7 Å². The minimum Gasteiger partial charge on any atom is -0.354 e. The van der Waals surface area contributed by atoms with Crippen molar-refractivity contribution < 1.29 is 4.79 Å². The number of hydrogen-bond acceptors (Lipinski definition) is 5. The van der Waals surface area contributed by atoms with Gasteiger partial charge in [-0.3, -0.25) is 9.69 Å². The van der Waals surface area contributed by atoms with Crippen LogP contribution in [0.5, 0.6) is 0 Å². The van der Waals surface area contributed by atoms with E-state index >= 15 is 0 Å². The number of anilines is 2. The molecule has 1 fully saturated rings. The SMILES string of the molecule is O=C(Nc1cc(N2CCN(Cc3ccccc3)CC2)ncn1)c1ccccc1Cl. The van der Waals surface area contributed by atoms with Gasteiger partial charge < -0.3 is 10.2 Å². The molecule has 2 heterocycles. The second-order valence-corrected chi connectivity index (χ2v) is 7.35. The third kappa shape index (κ3) is 4.91. The minimum atomic E-state index is -0.284.